The maximum atomic E-state index is 5.74. The van der Waals surface area contributed by atoms with Gasteiger partial charge in [-0.3, -0.25) is 0 Å². The third kappa shape index (κ3) is 3.59. The number of ether oxygens (including phenoxy) is 4. The Morgan fingerprint density at radius 2 is 1.70 bits per heavy atom. The summed E-state index contributed by atoms with van der Waals surface area (Å²) in [5.74, 6) is 3.09. The molecule has 8 heteroatoms. The lowest BCUT2D eigenvalue weighted by Gasteiger charge is -2.09. The van der Waals surface area contributed by atoms with Crippen LogP contribution in [0.3, 0.4) is 0 Å². The molecule has 30 heavy (non-hydrogen) atoms. The monoisotopic (exact) mass is 407 g/mol. The lowest BCUT2D eigenvalue weighted by Crippen LogP contribution is -1.98. The van der Waals surface area contributed by atoms with E-state index in [1.807, 2.05) is 37.3 Å². The van der Waals surface area contributed by atoms with Crippen molar-refractivity contribution in [3.63, 3.8) is 0 Å². The lowest BCUT2D eigenvalue weighted by atomic mass is 10.1. The van der Waals surface area contributed by atoms with Gasteiger partial charge in [0.2, 0.25) is 11.7 Å². The molecule has 0 aliphatic carbocycles. The van der Waals surface area contributed by atoms with E-state index in [0.717, 1.165) is 16.7 Å². The second kappa shape index (κ2) is 8.28. The van der Waals surface area contributed by atoms with Crippen LogP contribution in [-0.2, 0) is 0 Å². The van der Waals surface area contributed by atoms with Gasteiger partial charge in [0.1, 0.15) is 5.75 Å². The van der Waals surface area contributed by atoms with Crippen LogP contribution in [0, 0.1) is 0 Å². The molecule has 2 aromatic carbocycles. The third-order valence-corrected chi connectivity index (χ3v) is 4.57. The molecule has 0 fully saturated rings. The number of hydrogen-bond acceptors (Lipinski definition) is 8. The average Bonchev–Trinajstić information content (AvgIpc) is 3.28. The highest BCUT2D eigenvalue weighted by molar-refractivity contribution is 5.86. The normalized spacial score (nSPS) is 10.8. The smallest absolute Gasteiger partial charge is 0.258 e. The first kappa shape index (κ1) is 19.5. The summed E-state index contributed by atoms with van der Waals surface area (Å²) >= 11 is 0. The van der Waals surface area contributed by atoms with Crippen molar-refractivity contribution in [2.45, 2.75) is 6.92 Å². The van der Waals surface area contributed by atoms with Crippen molar-refractivity contribution in [1.29, 1.82) is 0 Å². The second-order valence-corrected chi connectivity index (χ2v) is 6.33. The summed E-state index contributed by atoms with van der Waals surface area (Å²) in [5.41, 5.74) is 2.12. The van der Waals surface area contributed by atoms with Gasteiger partial charge < -0.3 is 23.5 Å². The van der Waals surface area contributed by atoms with E-state index in [4.69, 9.17) is 23.5 Å². The number of rotatable bonds is 7. The first-order valence-electron chi connectivity index (χ1n) is 9.35. The Labute approximate surface area is 173 Å². The Morgan fingerprint density at radius 1 is 0.867 bits per heavy atom. The van der Waals surface area contributed by atoms with E-state index < -0.39 is 0 Å². The molecule has 2 aromatic heterocycles. The molecular formula is C22H21N3O5. The largest absolute Gasteiger partial charge is 0.497 e. The van der Waals surface area contributed by atoms with Crippen LogP contribution in [0.5, 0.6) is 23.1 Å². The van der Waals surface area contributed by atoms with E-state index in [1.165, 1.54) is 0 Å². The summed E-state index contributed by atoms with van der Waals surface area (Å²) in [6, 6.07) is 12.9. The maximum Gasteiger partial charge on any atom is 0.258 e. The molecule has 8 nitrogen and oxygen atoms in total. The fourth-order valence-corrected chi connectivity index (χ4v) is 3.09. The van der Waals surface area contributed by atoms with E-state index in [0.29, 0.717) is 46.8 Å². The standard InChI is InChI=1S/C22H21N3O5/c1-5-29-22-16(11-14-10-15(26-2)7-8-17(14)23-22)20-24-21(30-25-20)13-6-9-18(27-3)19(12-13)28-4/h6-12H,5H2,1-4H3. The lowest BCUT2D eigenvalue weighted by molar-refractivity contribution is 0.329. The quantitative estimate of drug-likeness (QED) is 0.446. The minimum Gasteiger partial charge on any atom is -0.497 e. The molecule has 0 amide bonds. The van der Waals surface area contributed by atoms with Crippen LogP contribution in [0.2, 0.25) is 0 Å². The third-order valence-electron chi connectivity index (χ3n) is 4.57. The van der Waals surface area contributed by atoms with Crippen LogP contribution in [0.4, 0.5) is 0 Å². The number of aromatic nitrogens is 3. The van der Waals surface area contributed by atoms with Gasteiger partial charge in [-0.05, 0) is 49.4 Å². The summed E-state index contributed by atoms with van der Waals surface area (Å²) < 4.78 is 27.2. The molecule has 0 atom stereocenters. The molecule has 0 saturated heterocycles. The second-order valence-electron chi connectivity index (χ2n) is 6.33. The molecule has 0 aliphatic heterocycles. The summed E-state index contributed by atoms with van der Waals surface area (Å²) in [6.07, 6.45) is 0. The van der Waals surface area contributed by atoms with Crippen molar-refractivity contribution in [3.05, 3.63) is 42.5 Å². The van der Waals surface area contributed by atoms with Crippen LogP contribution in [0.1, 0.15) is 6.92 Å². The SMILES string of the molecule is CCOc1nc2ccc(OC)cc2cc1-c1noc(-c2ccc(OC)c(OC)c2)n1. The summed E-state index contributed by atoms with van der Waals surface area (Å²) in [7, 11) is 4.78. The van der Waals surface area contributed by atoms with Crippen LogP contribution in [0.25, 0.3) is 33.7 Å². The van der Waals surface area contributed by atoms with Crippen LogP contribution in [-0.4, -0.2) is 43.1 Å². The van der Waals surface area contributed by atoms with Gasteiger partial charge in [-0.1, -0.05) is 5.16 Å². The number of nitrogens with zero attached hydrogens (tertiary/aromatic N) is 3. The Bertz CT molecular complexity index is 1190. The molecular weight excluding hydrogens is 386 g/mol. The number of benzene rings is 2. The molecule has 0 saturated carbocycles. The highest BCUT2D eigenvalue weighted by Gasteiger charge is 2.18. The molecule has 0 radical (unpaired) electrons. The van der Waals surface area contributed by atoms with E-state index in [1.54, 1.807) is 33.5 Å². The van der Waals surface area contributed by atoms with Crippen molar-refractivity contribution < 1.29 is 23.5 Å². The summed E-state index contributed by atoms with van der Waals surface area (Å²) in [5, 5.41) is 5.02. The van der Waals surface area contributed by atoms with E-state index in [-0.39, 0.29) is 0 Å². The zero-order valence-electron chi connectivity index (χ0n) is 17.1. The highest BCUT2D eigenvalue weighted by Crippen LogP contribution is 2.35. The fraction of sp³-hybridized carbons (Fsp3) is 0.227. The van der Waals surface area contributed by atoms with Crippen molar-refractivity contribution in [1.82, 2.24) is 15.1 Å². The van der Waals surface area contributed by atoms with E-state index >= 15 is 0 Å². The Morgan fingerprint density at radius 3 is 2.43 bits per heavy atom. The zero-order valence-corrected chi connectivity index (χ0v) is 17.1. The Balaban J connectivity index is 1.79. The highest BCUT2D eigenvalue weighted by atomic mass is 16.5. The van der Waals surface area contributed by atoms with Crippen LogP contribution >= 0.6 is 0 Å². The molecule has 154 valence electrons. The van der Waals surface area contributed by atoms with E-state index in [2.05, 4.69) is 15.1 Å². The van der Waals surface area contributed by atoms with E-state index in [9.17, 15) is 0 Å². The first-order valence-corrected chi connectivity index (χ1v) is 9.35. The molecule has 0 unspecified atom stereocenters. The maximum absolute atomic E-state index is 5.74. The van der Waals surface area contributed by atoms with Crippen molar-refractivity contribution in [2.75, 3.05) is 27.9 Å². The van der Waals surface area contributed by atoms with Gasteiger partial charge in [-0.2, -0.15) is 4.98 Å². The fourth-order valence-electron chi connectivity index (χ4n) is 3.09. The topological polar surface area (TPSA) is 88.7 Å². The molecule has 2 heterocycles. The van der Waals surface area contributed by atoms with Gasteiger partial charge in [0, 0.05) is 10.9 Å². The van der Waals surface area contributed by atoms with Crippen molar-refractivity contribution in [3.8, 4) is 46.0 Å². The average molecular weight is 407 g/mol. The number of methoxy groups -OCH3 is 3. The van der Waals surface area contributed by atoms with Gasteiger partial charge in [0.25, 0.3) is 5.89 Å². The van der Waals surface area contributed by atoms with Gasteiger partial charge in [0.05, 0.1) is 39.0 Å². The summed E-state index contributed by atoms with van der Waals surface area (Å²) in [4.78, 5) is 9.16. The Hall–Kier alpha value is -3.81. The molecule has 0 N–H and O–H groups in total. The van der Waals surface area contributed by atoms with Gasteiger partial charge in [-0.25, -0.2) is 4.98 Å². The number of hydrogen-bond donors (Lipinski definition) is 0. The summed E-state index contributed by atoms with van der Waals surface area (Å²) in [6.45, 7) is 2.36. The number of fused-ring (bicyclic) bond motifs is 1. The van der Waals surface area contributed by atoms with Crippen LogP contribution in [0.15, 0.2) is 47.0 Å². The number of pyridine rings is 1. The molecule has 4 aromatic rings. The van der Waals surface area contributed by atoms with Crippen molar-refractivity contribution >= 4 is 10.9 Å². The molecule has 4 rings (SSSR count). The van der Waals surface area contributed by atoms with Gasteiger partial charge >= 0.3 is 0 Å². The first-order chi connectivity index (χ1) is 14.7. The predicted molar refractivity (Wildman–Crippen MR) is 111 cm³/mol. The molecule has 0 spiro atoms. The minimum atomic E-state index is 0.346. The molecule has 0 aliphatic rings. The van der Waals surface area contributed by atoms with Crippen molar-refractivity contribution in [2.24, 2.45) is 0 Å². The predicted octanol–water partition coefficient (Wildman–Crippen LogP) is 4.38. The Kier molecular flexibility index (Phi) is 5.38. The molecule has 0 bridgehead atoms. The van der Waals surface area contributed by atoms with Gasteiger partial charge in [-0.15, -0.1) is 0 Å². The zero-order chi connectivity index (χ0) is 21.1. The van der Waals surface area contributed by atoms with Gasteiger partial charge in [0.15, 0.2) is 11.5 Å². The minimum absolute atomic E-state index is 0.346. The van der Waals surface area contributed by atoms with Crippen LogP contribution < -0.4 is 18.9 Å².